The van der Waals surface area contributed by atoms with Gasteiger partial charge in [0.1, 0.15) is 5.82 Å². The summed E-state index contributed by atoms with van der Waals surface area (Å²) in [6.45, 7) is 10.8. The van der Waals surface area contributed by atoms with E-state index >= 15 is 0 Å². The molecular weight excluding hydrogens is 234 g/mol. The lowest BCUT2D eigenvalue weighted by atomic mass is 10.1. The van der Waals surface area contributed by atoms with Gasteiger partial charge in [-0.05, 0) is 50.6 Å². The normalized spacial score (nSPS) is 23.2. The van der Waals surface area contributed by atoms with Crippen molar-refractivity contribution < 1.29 is 0 Å². The molecule has 19 heavy (non-hydrogen) atoms. The van der Waals surface area contributed by atoms with E-state index in [0.29, 0.717) is 11.8 Å². The minimum atomic E-state index is 0.582. The van der Waals surface area contributed by atoms with Gasteiger partial charge in [-0.1, -0.05) is 20.8 Å². The van der Waals surface area contributed by atoms with Crippen LogP contribution in [0.4, 0.5) is 0 Å². The Balaban J connectivity index is 2.02. The maximum atomic E-state index is 4.77. The van der Waals surface area contributed by atoms with Gasteiger partial charge >= 0.3 is 0 Å². The molecule has 1 aromatic heterocycles. The molecule has 1 aliphatic carbocycles. The number of nitrogens with zero attached hydrogens (tertiary/aromatic N) is 2. The first-order valence-electron chi connectivity index (χ1n) is 7.59. The smallest absolute Gasteiger partial charge is 0.131 e. The van der Waals surface area contributed by atoms with Gasteiger partial charge in [0.2, 0.25) is 0 Å². The summed E-state index contributed by atoms with van der Waals surface area (Å²) in [7, 11) is 0. The van der Waals surface area contributed by atoms with Crippen molar-refractivity contribution in [2.45, 2.75) is 59.4 Å². The molecule has 1 fully saturated rings. The summed E-state index contributed by atoms with van der Waals surface area (Å²) in [5.41, 5.74) is 2.24. The minimum absolute atomic E-state index is 0.582. The number of hydrogen-bond donors (Lipinski definition) is 1. The lowest BCUT2D eigenvalue weighted by Gasteiger charge is -2.12. The fraction of sp³-hybridized carbons (Fsp3) is 0.750. The van der Waals surface area contributed by atoms with Crippen LogP contribution in [0.3, 0.4) is 0 Å². The first-order valence-corrected chi connectivity index (χ1v) is 7.59. The maximum absolute atomic E-state index is 4.77. The van der Waals surface area contributed by atoms with Crippen molar-refractivity contribution in [3.05, 3.63) is 23.3 Å². The molecule has 0 aromatic carbocycles. The Morgan fingerprint density at radius 2 is 2.11 bits per heavy atom. The molecule has 0 aliphatic heterocycles. The second kappa shape index (κ2) is 6.47. The van der Waals surface area contributed by atoms with E-state index in [9.17, 15) is 0 Å². The quantitative estimate of drug-likeness (QED) is 0.882. The molecule has 1 aromatic rings. The van der Waals surface area contributed by atoms with E-state index in [4.69, 9.17) is 4.98 Å². The van der Waals surface area contributed by atoms with Gasteiger partial charge in [0.15, 0.2) is 0 Å². The van der Waals surface area contributed by atoms with Crippen molar-refractivity contribution in [1.82, 2.24) is 15.3 Å². The Bertz CT molecular complexity index is 414. The van der Waals surface area contributed by atoms with E-state index in [-0.39, 0.29) is 0 Å². The molecule has 2 unspecified atom stereocenters. The predicted octanol–water partition coefficient (Wildman–Crippen LogP) is 3.43. The molecule has 0 saturated heterocycles. The van der Waals surface area contributed by atoms with Gasteiger partial charge in [-0.3, -0.25) is 0 Å². The third-order valence-electron chi connectivity index (χ3n) is 3.84. The third-order valence-corrected chi connectivity index (χ3v) is 3.84. The fourth-order valence-electron chi connectivity index (χ4n) is 2.86. The van der Waals surface area contributed by atoms with Crippen molar-refractivity contribution in [3.8, 4) is 0 Å². The van der Waals surface area contributed by atoms with Crippen LogP contribution in [-0.2, 0) is 6.54 Å². The van der Waals surface area contributed by atoms with E-state index in [2.05, 4.69) is 44.1 Å². The van der Waals surface area contributed by atoms with Crippen molar-refractivity contribution >= 4 is 0 Å². The lowest BCUT2D eigenvalue weighted by molar-refractivity contribution is 0.542. The first-order chi connectivity index (χ1) is 9.04. The zero-order valence-corrected chi connectivity index (χ0v) is 12.7. The van der Waals surface area contributed by atoms with E-state index < -0.39 is 0 Å². The number of nitrogens with one attached hydrogen (secondary N) is 1. The summed E-state index contributed by atoms with van der Waals surface area (Å²) in [4.78, 5) is 9.43. The molecule has 2 atom stereocenters. The van der Waals surface area contributed by atoms with Crippen molar-refractivity contribution in [2.75, 3.05) is 6.54 Å². The second-order valence-corrected chi connectivity index (χ2v) is 6.50. The van der Waals surface area contributed by atoms with E-state index in [1.807, 2.05) is 0 Å². The largest absolute Gasteiger partial charge is 0.311 e. The van der Waals surface area contributed by atoms with Crippen LogP contribution in [0.25, 0.3) is 0 Å². The van der Waals surface area contributed by atoms with Gasteiger partial charge in [0, 0.05) is 18.2 Å². The van der Waals surface area contributed by atoms with Gasteiger partial charge in [-0.25, -0.2) is 9.97 Å². The van der Waals surface area contributed by atoms with Gasteiger partial charge in [-0.15, -0.1) is 0 Å². The van der Waals surface area contributed by atoms with Crippen LogP contribution in [0.5, 0.6) is 0 Å². The monoisotopic (exact) mass is 261 g/mol. The number of aryl methyl sites for hydroxylation is 1. The third kappa shape index (κ3) is 4.27. The average Bonchev–Trinajstić information content (AvgIpc) is 2.75. The molecule has 106 valence electrons. The topological polar surface area (TPSA) is 37.8 Å². The Morgan fingerprint density at radius 1 is 1.32 bits per heavy atom. The molecular formula is C16H27N3. The van der Waals surface area contributed by atoms with Gasteiger partial charge in [0.05, 0.1) is 5.69 Å². The number of rotatable bonds is 5. The average molecular weight is 261 g/mol. The highest BCUT2D eigenvalue weighted by molar-refractivity contribution is 5.13. The van der Waals surface area contributed by atoms with Crippen LogP contribution in [0.2, 0.25) is 0 Å². The number of hydrogen-bond acceptors (Lipinski definition) is 3. The van der Waals surface area contributed by atoms with E-state index in [0.717, 1.165) is 36.2 Å². The highest BCUT2D eigenvalue weighted by Gasteiger charge is 2.25. The van der Waals surface area contributed by atoms with Crippen molar-refractivity contribution in [2.24, 2.45) is 11.8 Å². The molecule has 1 saturated carbocycles. The Morgan fingerprint density at radius 3 is 2.74 bits per heavy atom. The minimum Gasteiger partial charge on any atom is -0.311 e. The molecule has 1 aliphatic rings. The molecule has 3 heteroatoms. The second-order valence-electron chi connectivity index (χ2n) is 6.50. The van der Waals surface area contributed by atoms with Crippen LogP contribution >= 0.6 is 0 Å². The van der Waals surface area contributed by atoms with Crippen LogP contribution in [0.15, 0.2) is 6.07 Å². The summed E-state index contributed by atoms with van der Waals surface area (Å²) in [5.74, 6) is 3.17. The lowest BCUT2D eigenvalue weighted by Crippen LogP contribution is -2.20. The Labute approximate surface area is 117 Å². The van der Waals surface area contributed by atoms with Gasteiger partial charge < -0.3 is 5.32 Å². The van der Waals surface area contributed by atoms with Crippen LogP contribution in [0, 0.1) is 18.8 Å². The molecule has 1 heterocycles. The Hall–Kier alpha value is -0.960. The van der Waals surface area contributed by atoms with Crippen LogP contribution in [0.1, 0.15) is 63.2 Å². The summed E-state index contributed by atoms with van der Waals surface area (Å²) in [6, 6.07) is 2.11. The van der Waals surface area contributed by atoms with E-state index in [1.165, 1.54) is 19.3 Å². The van der Waals surface area contributed by atoms with Gasteiger partial charge in [0.25, 0.3) is 0 Å². The Kier molecular flexibility index (Phi) is 4.92. The van der Waals surface area contributed by atoms with Gasteiger partial charge in [-0.2, -0.15) is 0 Å². The summed E-state index contributed by atoms with van der Waals surface area (Å²) >= 11 is 0. The highest BCUT2D eigenvalue weighted by atomic mass is 14.9. The van der Waals surface area contributed by atoms with Crippen molar-refractivity contribution in [1.29, 1.82) is 0 Å². The fourth-order valence-corrected chi connectivity index (χ4v) is 2.86. The maximum Gasteiger partial charge on any atom is 0.131 e. The van der Waals surface area contributed by atoms with Crippen molar-refractivity contribution in [3.63, 3.8) is 0 Å². The highest BCUT2D eigenvalue weighted by Crippen LogP contribution is 2.36. The SMILES string of the molecule is Cc1cc(CNCC(C)C)nc(C2CCC(C)C2)n1. The summed E-state index contributed by atoms with van der Waals surface area (Å²) in [6.07, 6.45) is 3.83. The molecule has 2 rings (SSSR count). The standard InChI is InChI=1S/C16H27N3/c1-11(2)9-17-10-15-8-13(4)18-16(19-15)14-6-5-12(3)7-14/h8,11-12,14,17H,5-7,9-10H2,1-4H3. The summed E-state index contributed by atoms with van der Waals surface area (Å²) < 4.78 is 0. The molecule has 3 nitrogen and oxygen atoms in total. The molecule has 0 radical (unpaired) electrons. The zero-order chi connectivity index (χ0) is 13.8. The first kappa shape index (κ1) is 14.4. The predicted molar refractivity (Wildman–Crippen MR) is 79.1 cm³/mol. The number of aromatic nitrogens is 2. The van der Waals surface area contributed by atoms with Crippen LogP contribution in [-0.4, -0.2) is 16.5 Å². The zero-order valence-electron chi connectivity index (χ0n) is 12.7. The molecule has 1 N–H and O–H groups in total. The van der Waals surface area contributed by atoms with Crippen LogP contribution < -0.4 is 5.32 Å². The molecule has 0 bridgehead atoms. The molecule has 0 amide bonds. The molecule has 0 spiro atoms. The van der Waals surface area contributed by atoms with E-state index in [1.54, 1.807) is 0 Å². The summed E-state index contributed by atoms with van der Waals surface area (Å²) in [5, 5.41) is 3.46.